The van der Waals surface area contributed by atoms with Crippen molar-refractivity contribution in [2.45, 2.75) is 13.0 Å². The molecule has 2 aromatic rings. The minimum atomic E-state index is -0.978. The number of hydrogen-bond acceptors (Lipinski definition) is 5. The van der Waals surface area contributed by atoms with Crippen molar-refractivity contribution in [3.63, 3.8) is 0 Å². The Balaban J connectivity index is 1.61. The number of carboxylic acid groups (broad SMARTS) is 1. The highest BCUT2D eigenvalue weighted by atomic mass is 16.5. The molecule has 1 aliphatic heterocycles. The monoisotopic (exact) mass is 357 g/mol. The maximum absolute atomic E-state index is 11.2. The zero-order chi connectivity index (χ0) is 18.5. The predicted octanol–water partition coefficient (Wildman–Crippen LogP) is 2.84. The van der Waals surface area contributed by atoms with Crippen LogP contribution in [0.1, 0.15) is 21.5 Å². The normalized spacial score (nSPS) is 13.8. The second kappa shape index (κ2) is 8.10. The van der Waals surface area contributed by atoms with Crippen LogP contribution in [0.4, 0.5) is 0 Å². The van der Waals surface area contributed by atoms with Crippen LogP contribution in [0.2, 0.25) is 0 Å². The fourth-order valence-electron chi connectivity index (χ4n) is 3.19. The number of ether oxygens (including phenoxy) is 3. The number of carbonyl (C=O) groups is 1. The summed E-state index contributed by atoms with van der Waals surface area (Å²) in [7, 11) is 3.28. The molecule has 1 heterocycles. The van der Waals surface area contributed by atoms with Crippen molar-refractivity contribution >= 4 is 5.97 Å². The van der Waals surface area contributed by atoms with E-state index in [1.54, 1.807) is 38.5 Å². The summed E-state index contributed by atoms with van der Waals surface area (Å²) in [5.74, 6) is 0.922. The van der Waals surface area contributed by atoms with Crippen LogP contribution in [0.25, 0.3) is 0 Å². The van der Waals surface area contributed by atoms with E-state index in [2.05, 4.69) is 4.90 Å². The molecule has 0 atom stereocenters. The van der Waals surface area contributed by atoms with E-state index < -0.39 is 5.97 Å². The molecular weight excluding hydrogens is 334 g/mol. The number of para-hydroxylation sites is 1. The van der Waals surface area contributed by atoms with Crippen LogP contribution in [-0.4, -0.2) is 49.9 Å². The van der Waals surface area contributed by atoms with Gasteiger partial charge < -0.3 is 19.3 Å². The molecular formula is C20H23NO5. The molecule has 138 valence electrons. The van der Waals surface area contributed by atoms with Crippen molar-refractivity contribution in [3.05, 3.63) is 53.1 Å². The van der Waals surface area contributed by atoms with Crippen LogP contribution in [0.5, 0.6) is 17.2 Å². The van der Waals surface area contributed by atoms with E-state index >= 15 is 0 Å². The minimum Gasteiger partial charge on any atom is -0.493 e. The van der Waals surface area contributed by atoms with Gasteiger partial charge in [-0.2, -0.15) is 0 Å². The number of rotatable bonds is 7. The molecule has 0 unspecified atom stereocenters. The van der Waals surface area contributed by atoms with Crippen molar-refractivity contribution in [1.29, 1.82) is 0 Å². The lowest BCUT2D eigenvalue weighted by atomic mass is 9.99. The first-order valence-electron chi connectivity index (χ1n) is 8.53. The first kappa shape index (κ1) is 18.1. The third kappa shape index (κ3) is 3.91. The lowest BCUT2D eigenvalue weighted by Gasteiger charge is -2.29. The van der Waals surface area contributed by atoms with Crippen molar-refractivity contribution < 1.29 is 24.1 Å². The summed E-state index contributed by atoms with van der Waals surface area (Å²) < 4.78 is 16.5. The number of carboxylic acids is 1. The summed E-state index contributed by atoms with van der Waals surface area (Å²) in [5, 5.41) is 9.20. The Morgan fingerprint density at radius 1 is 1.08 bits per heavy atom. The van der Waals surface area contributed by atoms with Crippen molar-refractivity contribution in [2.75, 3.05) is 33.9 Å². The summed E-state index contributed by atoms with van der Waals surface area (Å²) >= 11 is 0. The van der Waals surface area contributed by atoms with Crippen LogP contribution in [-0.2, 0) is 13.0 Å². The molecule has 2 aromatic carbocycles. The molecule has 26 heavy (non-hydrogen) atoms. The Hall–Kier alpha value is -2.73. The predicted molar refractivity (Wildman–Crippen MR) is 97.4 cm³/mol. The third-order valence-corrected chi connectivity index (χ3v) is 4.58. The zero-order valence-electron chi connectivity index (χ0n) is 15.0. The Labute approximate surface area is 152 Å². The Bertz CT molecular complexity index is 790. The molecule has 0 aliphatic carbocycles. The van der Waals surface area contributed by atoms with Crippen molar-refractivity contribution in [1.82, 2.24) is 4.90 Å². The van der Waals surface area contributed by atoms with Gasteiger partial charge in [0.15, 0.2) is 11.5 Å². The first-order valence-corrected chi connectivity index (χ1v) is 8.53. The molecule has 0 amide bonds. The Kier molecular flexibility index (Phi) is 5.63. The molecule has 6 nitrogen and oxygen atoms in total. The van der Waals surface area contributed by atoms with Gasteiger partial charge >= 0.3 is 5.97 Å². The summed E-state index contributed by atoms with van der Waals surface area (Å²) in [4.78, 5) is 13.5. The van der Waals surface area contributed by atoms with Gasteiger partial charge in [0, 0.05) is 19.6 Å². The smallest absolute Gasteiger partial charge is 0.339 e. The average Bonchev–Trinajstić information content (AvgIpc) is 2.67. The molecule has 0 aromatic heterocycles. The number of benzene rings is 2. The van der Waals surface area contributed by atoms with Gasteiger partial charge in [0.05, 0.1) is 14.2 Å². The van der Waals surface area contributed by atoms with E-state index in [9.17, 15) is 9.90 Å². The Morgan fingerprint density at radius 2 is 1.77 bits per heavy atom. The largest absolute Gasteiger partial charge is 0.493 e. The molecule has 3 rings (SSSR count). The summed E-state index contributed by atoms with van der Waals surface area (Å²) in [5.41, 5.74) is 2.68. The topological polar surface area (TPSA) is 68.2 Å². The van der Waals surface area contributed by atoms with Crippen LogP contribution >= 0.6 is 0 Å². The average molecular weight is 357 g/mol. The molecule has 0 saturated heterocycles. The van der Waals surface area contributed by atoms with Gasteiger partial charge in [-0.15, -0.1) is 0 Å². The molecule has 0 saturated carbocycles. The van der Waals surface area contributed by atoms with Crippen LogP contribution in [0.15, 0.2) is 36.4 Å². The van der Waals surface area contributed by atoms with Crippen LogP contribution < -0.4 is 14.2 Å². The van der Waals surface area contributed by atoms with E-state index in [-0.39, 0.29) is 5.56 Å². The van der Waals surface area contributed by atoms with Gasteiger partial charge in [0.1, 0.15) is 17.9 Å². The van der Waals surface area contributed by atoms with Crippen LogP contribution in [0.3, 0.4) is 0 Å². The number of hydrogen-bond donors (Lipinski definition) is 1. The number of nitrogens with zero attached hydrogens (tertiary/aromatic N) is 1. The second-order valence-electron chi connectivity index (χ2n) is 6.15. The molecule has 1 aliphatic rings. The molecule has 0 radical (unpaired) electrons. The van der Waals surface area contributed by atoms with Gasteiger partial charge in [0.2, 0.25) is 0 Å². The molecule has 1 N–H and O–H groups in total. The van der Waals surface area contributed by atoms with E-state index in [1.807, 2.05) is 12.1 Å². The lowest BCUT2D eigenvalue weighted by molar-refractivity contribution is 0.0691. The van der Waals surface area contributed by atoms with Crippen LogP contribution in [0, 0.1) is 0 Å². The van der Waals surface area contributed by atoms with E-state index in [0.29, 0.717) is 12.4 Å². The van der Waals surface area contributed by atoms with Gasteiger partial charge in [-0.05, 0) is 41.8 Å². The van der Waals surface area contributed by atoms with E-state index in [1.165, 1.54) is 11.1 Å². The highest BCUT2D eigenvalue weighted by Gasteiger charge is 2.19. The van der Waals surface area contributed by atoms with Gasteiger partial charge in [0.25, 0.3) is 0 Å². The SMILES string of the molecule is COc1cc2c(cc1OC)CN(CCOc1ccccc1C(=O)O)CC2. The first-order chi connectivity index (χ1) is 12.6. The summed E-state index contributed by atoms with van der Waals surface area (Å²) in [6.45, 7) is 2.89. The molecule has 0 fully saturated rings. The fraction of sp³-hybridized carbons (Fsp3) is 0.350. The summed E-state index contributed by atoms with van der Waals surface area (Å²) in [6.07, 6.45) is 0.932. The Morgan fingerprint density at radius 3 is 2.46 bits per heavy atom. The standard InChI is InChI=1S/C20H23NO5/c1-24-18-11-14-7-8-21(13-15(14)12-19(18)25-2)9-10-26-17-6-4-3-5-16(17)20(22)23/h3-6,11-12H,7-10,13H2,1-2H3,(H,22,23). The van der Waals surface area contributed by atoms with Gasteiger partial charge in [-0.1, -0.05) is 12.1 Å². The van der Waals surface area contributed by atoms with Crippen molar-refractivity contribution in [2.24, 2.45) is 0 Å². The van der Waals surface area contributed by atoms with Gasteiger partial charge in [-0.25, -0.2) is 4.79 Å². The fourth-order valence-corrected chi connectivity index (χ4v) is 3.19. The quantitative estimate of drug-likeness (QED) is 0.822. The third-order valence-electron chi connectivity index (χ3n) is 4.58. The highest BCUT2D eigenvalue weighted by Crippen LogP contribution is 2.33. The maximum Gasteiger partial charge on any atom is 0.339 e. The summed E-state index contributed by atoms with van der Waals surface area (Å²) in [6, 6.07) is 10.8. The van der Waals surface area contributed by atoms with E-state index in [4.69, 9.17) is 14.2 Å². The molecule has 0 spiro atoms. The lowest BCUT2D eigenvalue weighted by Crippen LogP contribution is -2.34. The minimum absolute atomic E-state index is 0.188. The maximum atomic E-state index is 11.2. The van der Waals surface area contributed by atoms with Gasteiger partial charge in [-0.3, -0.25) is 4.90 Å². The van der Waals surface area contributed by atoms with Crippen molar-refractivity contribution in [3.8, 4) is 17.2 Å². The molecule has 6 heteroatoms. The zero-order valence-corrected chi connectivity index (χ0v) is 15.0. The number of methoxy groups -OCH3 is 2. The molecule has 0 bridgehead atoms. The number of aromatic carboxylic acids is 1. The highest BCUT2D eigenvalue weighted by molar-refractivity contribution is 5.90. The van der Waals surface area contributed by atoms with E-state index in [0.717, 1.165) is 37.6 Å². The number of fused-ring (bicyclic) bond motifs is 1. The second-order valence-corrected chi connectivity index (χ2v) is 6.15.